The second-order valence-corrected chi connectivity index (χ2v) is 11.1. The van der Waals surface area contributed by atoms with Crippen molar-refractivity contribution in [2.45, 2.75) is 72.1 Å². The van der Waals surface area contributed by atoms with Crippen molar-refractivity contribution >= 4 is 16.9 Å². The second kappa shape index (κ2) is 7.73. The SMILES string of the molecule is CN1CN=C(C(C)(C)CCC(C)(C)c2nnc(-c3cccc4c(C(C)(C)C)coc34)o2)O1. The average Bonchev–Trinajstić information content (AvgIpc) is 3.44. The Hall–Kier alpha value is -2.67. The molecule has 7 nitrogen and oxygen atoms in total. The Balaban J connectivity index is 1.56. The van der Waals surface area contributed by atoms with E-state index in [0.717, 1.165) is 35.3 Å². The van der Waals surface area contributed by atoms with Gasteiger partial charge in [0, 0.05) is 28.8 Å². The zero-order valence-corrected chi connectivity index (χ0v) is 20.4. The second-order valence-electron chi connectivity index (χ2n) is 11.1. The van der Waals surface area contributed by atoms with Crippen molar-refractivity contribution in [3.63, 3.8) is 0 Å². The number of furan rings is 1. The number of para-hydroxylation sites is 1. The number of aliphatic imine (C=N–C) groups is 1. The van der Waals surface area contributed by atoms with Gasteiger partial charge in [0.05, 0.1) is 11.8 Å². The van der Waals surface area contributed by atoms with E-state index in [0.29, 0.717) is 18.5 Å². The molecule has 0 saturated heterocycles. The molecule has 1 aromatic carbocycles. The number of hydrogen-bond acceptors (Lipinski definition) is 7. The van der Waals surface area contributed by atoms with E-state index in [2.05, 4.69) is 69.7 Å². The molecule has 0 aliphatic carbocycles. The molecule has 0 amide bonds. The van der Waals surface area contributed by atoms with Crippen molar-refractivity contribution < 1.29 is 13.7 Å². The highest BCUT2D eigenvalue weighted by Gasteiger charge is 2.36. The maximum absolute atomic E-state index is 6.19. The van der Waals surface area contributed by atoms with E-state index >= 15 is 0 Å². The fraction of sp³-hybridized carbons (Fsp3) is 0.560. The van der Waals surface area contributed by atoms with Crippen molar-refractivity contribution in [1.82, 2.24) is 15.3 Å². The van der Waals surface area contributed by atoms with Crippen LogP contribution in [0.1, 0.15) is 72.8 Å². The summed E-state index contributed by atoms with van der Waals surface area (Å²) in [7, 11) is 1.89. The van der Waals surface area contributed by atoms with E-state index in [1.54, 1.807) is 5.06 Å². The molecule has 1 aliphatic heterocycles. The zero-order chi connectivity index (χ0) is 23.3. The third-order valence-electron chi connectivity index (χ3n) is 6.25. The van der Waals surface area contributed by atoms with Crippen LogP contribution in [-0.2, 0) is 15.7 Å². The first kappa shape index (κ1) is 22.5. The molecule has 172 valence electrons. The molecular formula is C25H34N4O3. The van der Waals surface area contributed by atoms with Gasteiger partial charge in [0.2, 0.25) is 11.8 Å². The normalized spacial score (nSPS) is 15.9. The summed E-state index contributed by atoms with van der Waals surface area (Å²) in [4.78, 5) is 10.3. The number of fused-ring (bicyclic) bond motifs is 1. The van der Waals surface area contributed by atoms with Crippen LogP contribution in [0, 0.1) is 5.41 Å². The van der Waals surface area contributed by atoms with Crippen molar-refractivity contribution in [2.75, 3.05) is 13.7 Å². The fourth-order valence-corrected chi connectivity index (χ4v) is 3.96. The Morgan fingerprint density at radius 3 is 2.34 bits per heavy atom. The van der Waals surface area contributed by atoms with E-state index in [1.165, 1.54) is 5.56 Å². The zero-order valence-electron chi connectivity index (χ0n) is 20.4. The van der Waals surface area contributed by atoms with Gasteiger partial charge in [-0.1, -0.05) is 60.6 Å². The summed E-state index contributed by atoms with van der Waals surface area (Å²) in [6, 6.07) is 6.06. The molecule has 0 N–H and O–H groups in total. The summed E-state index contributed by atoms with van der Waals surface area (Å²) in [5.41, 5.74) is 2.30. The van der Waals surface area contributed by atoms with Crippen LogP contribution in [0.3, 0.4) is 0 Å². The molecule has 7 heteroatoms. The smallest absolute Gasteiger partial charge is 0.251 e. The lowest BCUT2D eigenvalue weighted by Crippen LogP contribution is -2.30. The molecule has 32 heavy (non-hydrogen) atoms. The first-order chi connectivity index (χ1) is 14.9. The van der Waals surface area contributed by atoms with Gasteiger partial charge in [0.1, 0.15) is 12.3 Å². The topological polar surface area (TPSA) is 76.9 Å². The number of hydrogen-bond donors (Lipinski definition) is 0. The molecule has 0 unspecified atom stereocenters. The van der Waals surface area contributed by atoms with Crippen LogP contribution in [0.15, 0.2) is 38.3 Å². The van der Waals surface area contributed by atoms with Gasteiger partial charge in [-0.05, 0) is 24.3 Å². The molecule has 0 spiro atoms. The number of rotatable bonds is 6. The molecule has 0 saturated carbocycles. The number of aromatic nitrogens is 2. The summed E-state index contributed by atoms with van der Waals surface area (Å²) in [6.45, 7) is 15.7. The molecule has 2 aromatic heterocycles. The maximum atomic E-state index is 6.19. The van der Waals surface area contributed by atoms with E-state index in [4.69, 9.17) is 13.7 Å². The predicted octanol–water partition coefficient (Wildman–Crippen LogP) is 6.10. The highest BCUT2D eigenvalue weighted by atomic mass is 16.7. The van der Waals surface area contributed by atoms with Crippen LogP contribution in [-0.4, -0.2) is 34.9 Å². The van der Waals surface area contributed by atoms with Crippen molar-refractivity contribution in [3.05, 3.63) is 35.9 Å². The van der Waals surface area contributed by atoms with Crippen molar-refractivity contribution in [2.24, 2.45) is 10.4 Å². The molecule has 3 heterocycles. The summed E-state index contributed by atoms with van der Waals surface area (Å²) in [5, 5.41) is 11.6. The third-order valence-corrected chi connectivity index (χ3v) is 6.25. The van der Waals surface area contributed by atoms with Gasteiger partial charge in [-0.2, -0.15) is 0 Å². The number of nitrogens with zero attached hydrogens (tertiary/aromatic N) is 4. The predicted molar refractivity (Wildman–Crippen MR) is 125 cm³/mol. The lowest BCUT2D eigenvalue weighted by atomic mass is 9.78. The molecule has 4 rings (SSSR count). The Bertz CT molecular complexity index is 1150. The summed E-state index contributed by atoms with van der Waals surface area (Å²) in [6.07, 6.45) is 3.57. The highest BCUT2D eigenvalue weighted by Crippen LogP contribution is 2.39. The van der Waals surface area contributed by atoms with Crippen LogP contribution in [0.4, 0.5) is 0 Å². The highest BCUT2D eigenvalue weighted by molar-refractivity contribution is 5.93. The minimum Gasteiger partial charge on any atom is -0.463 e. The molecular weight excluding hydrogens is 404 g/mol. The summed E-state index contributed by atoms with van der Waals surface area (Å²) >= 11 is 0. The molecule has 0 atom stereocenters. The standard InChI is InChI=1S/C25H34N4O3/c1-23(2,3)18-14-30-19-16(18)10-9-11-17(19)20-27-28-22(31-20)25(6,7)13-12-24(4,5)21-26-15-29(8)32-21/h9-11,14H,12-13,15H2,1-8H3. The average molecular weight is 439 g/mol. The van der Waals surface area contributed by atoms with E-state index in [-0.39, 0.29) is 16.2 Å². The van der Waals surface area contributed by atoms with E-state index in [1.807, 2.05) is 25.4 Å². The Kier molecular flexibility index (Phi) is 5.44. The molecule has 1 aliphatic rings. The largest absolute Gasteiger partial charge is 0.463 e. The lowest BCUT2D eigenvalue weighted by Gasteiger charge is -2.28. The molecule has 0 radical (unpaired) electrons. The number of hydroxylamine groups is 2. The number of benzene rings is 1. The lowest BCUT2D eigenvalue weighted by molar-refractivity contribution is -0.0313. The molecule has 0 fully saturated rings. The van der Waals surface area contributed by atoms with Crippen LogP contribution in [0.5, 0.6) is 0 Å². The monoisotopic (exact) mass is 438 g/mol. The minimum absolute atomic E-state index is 0.0131. The minimum atomic E-state index is -0.290. The Labute approximate surface area is 189 Å². The van der Waals surface area contributed by atoms with Crippen LogP contribution < -0.4 is 0 Å². The van der Waals surface area contributed by atoms with Crippen LogP contribution in [0.2, 0.25) is 0 Å². The van der Waals surface area contributed by atoms with Gasteiger partial charge in [-0.15, -0.1) is 15.3 Å². The Morgan fingerprint density at radius 2 is 1.69 bits per heavy atom. The summed E-state index contributed by atoms with van der Waals surface area (Å²) < 4.78 is 12.1. The van der Waals surface area contributed by atoms with Crippen molar-refractivity contribution in [1.29, 1.82) is 0 Å². The third kappa shape index (κ3) is 4.18. The van der Waals surface area contributed by atoms with Crippen LogP contribution >= 0.6 is 0 Å². The van der Waals surface area contributed by atoms with Gasteiger partial charge < -0.3 is 13.7 Å². The maximum Gasteiger partial charge on any atom is 0.251 e. The van der Waals surface area contributed by atoms with E-state index < -0.39 is 0 Å². The van der Waals surface area contributed by atoms with Gasteiger partial charge >= 0.3 is 0 Å². The van der Waals surface area contributed by atoms with Crippen molar-refractivity contribution in [3.8, 4) is 11.5 Å². The van der Waals surface area contributed by atoms with Gasteiger partial charge in [0.25, 0.3) is 5.89 Å². The quantitative estimate of drug-likeness (QED) is 0.463. The van der Waals surface area contributed by atoms with Gasteiger partial charge in [-0.25, -0.2) is 4.99 Å². The van der Waals surface area contributed by atoms with Gasteiger partial charge in [0.15, 0.2) is 0 Å². The van der Waals surface area contributed by atoms with Gasteiger partial charge in [-0.3, -0.25) is 0 Å². The van der Waals surface area contributed by atoms with E-state index in [9.17, 15) is 0 Å². The first-order valence-electron chi connectivity index (χ1n) is 11.2. The van der Waals surface area contributed by atoms with Crippen LogP contribution in [0.25, 0.3) is 22.4 Å². The first-order valence-corrected chi connectivity index (χ1v) is 11.2. The molecule has 3 aromatic rings. The molecule has 0 bridgehead atoms. The summed E-state index contributed by atoms with van der Waals surface area (Å²) in [5.74, 6) is 1.88. The Morgan fingerprint density at radius 1 is 0.969 bits per heavy atom. The fourth-order valence-electron chi connectivity index (χ4n) is 3.96.